The van der Waals surface area contributed by atoms with Crippen molar-refractivity contribution in [3.63, 3.8) is 0 Å². The lowest BCUT2D eigenvalue weighted by Crippen LogP contribution is -2.41. The third-order valence-electron chi connectivity index (χ3n) is 3.11. The summed E-state index contributed by atoms with van der Waals surface area (Å²) in [6, 6.07) is 1.84. The number of carbonyl (C=O) groups is 1. The molecule has 2 rings (SSSR count). The molecule has 2 atom stereocenters. The number of β-amino-alcohol motifs (C(OH)–C–C–N with tert-alkyl or cyclic N) is 1. The Balaban J connectivity index is 2.12. The predicted octanol–water partition coefficient (Wildman–Crippen LogP) is 0.914. The minimum Gasteiger partial charge on any atom is -0.391 e. The highest BCUT2D eigenvalue weighted by Gasteiger charge is 2.35. The molecule has 1 amide bonds. The van der Waals surface area contributed by atoms with Crippen LogP contribution < -0.4 is 0 Å². The van der Waals surface area contributed by atoms with Crippen LogP contribution >= 0.6 is 15.9 Å². The van der Waals surface area contributed by atoms with Gasteiger partial charge in [-0.3, -0.25) is 4.79 Å². The van der Waals surface area contributed by atoms with Crippen LogP contribution in [0, 0.1) is 0 Å². The number of H-pyrrole nitrogens is 1. The van der Waals surface area contributed by atoms with Gasteiger partial charge in [-0.25, -0.2) is 0 Å². The van der Waals surface area contributed by atoms with Gasteiger partial charge in [0.2, 0.25) is 0 Å². The van der Waals surface area contributed by atoms with Crippen LogP contribution in [0.5, 0.6) is 0 Å². The fourth-order valence-corrected chi connectivity index (χ4v) is 2.72. The summed E-state index contributed by atoms with van der Waals surface area (Å²) in [5.41, 5.74) is 0.555. The van der Waals surface area contributed by atoms with Crippen molar-refractivity contribution in [3.05, 3.63) is 22.4 Å². The van der Waals surface area contributed by atoms with Crippen molar-refractivity contribution in [2.45, 2.75) is 18.6 Å². The average Bonchev–Trinajstić information content (AvgIpc) is 2.83. The van der Waals surface area contributed by atoms with Gasteiger partial charge in [-0.05, 0) is 42.5 Å². The van der Waals surface area contributed by atoms with Crippen LogP contribution in [0.3, 0.4) is 0 Å². The van der Waals surface area contributed by atoms with E-state index in [1.165, 1.54) is 0 Å². The summed E-state index contributed by atoms with van der Waals surface area (Å²) in [5.74, 6) is -0.0518. The third kappa shape index (κ3) is 2.93. The summed E-state index contributed by atoms with van der Waals surface area (Å²) in [4.78, 5) is 19.1. The number of aromatic nitrogens is 1. The van der Waals surface area contributed by atoms with E-state index in [4.69, 9.17) is 0 Å². The largest absolute Gasteiger partial charge is 0.391 e. The molecule has 0 bridgehead atoms. The second-order valence-electron chi connectivity index (χ2n) is 4.99. The van der Waals surface area contributed by atoms with E-state index < -0.39 is 6.10 Å². The summed E-state index contributed by atoms with van der Waals surface area (Å²) in [6.07, 6.45) is 1.96. The first-order valence-electron chi connectivity index (χ1n) is 5.95. The first-order chi connectivity index (χ1) is 8.47. The molecule has 18 heavy (non-hydrogen) atoms. The third-order valence-corrected chi connectivity index (χ3v) is 3.57. The first kappa shape index (κ1) is 13.6. The van der Waals surface area contributed by atoms with E-state index in [1.807, 2.05) is 19.0 Å². The van der Waals surface area contributed by atoms with Gasteiger partial charge in [0.05, 0.1) is 6.10 Å². The highest BCUT2D eigenvalue weighted by Crippen LogP contribution is 2.22. The molecule has 1 aliphatic rings. The number of rotatable bonds is 3. The number of nitrogens with one attached hydrogen (secondary N) is 1. The van der Waals surface area contributed by atoms with Crippen LogP contribution in [-0.2, 0) is 0 Å². The molecule has 0 radical (unpaired) electrons. The molecule has 1 fully saturated rings. The number of likely N-dealkylation sites (N-methyl/N-ethyl adjacent to an activating group) is 1. The van der Waals surface area contributed by atoms with Crippen LogP contribution in [0.4, 0.5) is 0 Å². The van der Waals surface area contributed by atoms with Gasteiger partial charge in [0.15, 0.2) is 0 Å². The van der Waals surface area contributed by atoms with E-state index in [9.17, 15) is 9.90 Å². The minimum absolute atomic E-state index is 0.0518. The zero-order valence-corrected chi connectivity index (χ0v) is 12.1. The van der Waals surface area contributed by atoms with Crippen molar-refractivity contribution in [2.75, 3.05) is 27.2 Å². The Morgan fingerprint density at radius 1 is 1.67 bits per heavy atom. The monoisotopic (exact) mass is 315 g/mol. The standard InChI is InChI=1S/C12H18BrN3O2/c1-15(2)6-9-4-10(17)7-16(9)12(18)11-3-8(13)5-14-11/h3,5,9-10,14,17H,4,6-7H2,1-2H3. The van der Waals surface area contributed by atoms with Crippen molar-refractivity contribution in [3.8, 4) is 0 Å². The molecule has 5 nitrogen and oxygen atoms in total. The van der Waals surface area contributed by atoms with E-state index in [2.05, 4.69) is 20.9 Å². The molecule has 0 aliphatic carbocycles. The fourth-order valence-electron chi connectivity index (χ4n) is 2.38. The van der Waals surface area contributed by atoms with Crippen LogP contribution in [-0.4, -0.2) is 65.1 Å². The van der Waals surface area contributed by atoms with E-state index in [0.29, 0.717) is 18.7 Å². The number of aromatic amines is 1. The maximum absolute atomic E-state index is 12.3. The van der Waals surface area contributed by atoms with Gasteiger partial charge in [0.25, 0.3) is 5.91 Å². The second kappa shape index (κ2) is 5.42. The van der Waals surface area contributed by atoms with Crippen molar-refractivity contribution >= 4 is 21.8 Å². The quantitative estimate of drug-likeness (QED) is 0.872. The predicted molar refractivity (Wildman–Crippen MR) is 72.5 cm³/mol. The Bertz CT molecular complexity index is 433. The number of aliphatic hydroxyl groups is 1. The van der Waals surface area contributed by atoms with Gasteiger partial charge < -0.3 is 19.9 Å². The average molecular weight is 316 g/mol. The lowest BCUT2D eigenvalue weighted by molar-refractivity contribution is 0.0694. The molecule has 1 saturated heterocycles. The number of aliphatic hydroxyl groups excluding tert-OH is 1. The zero-order valence-electron chi connectivity index (χ0n) is 10.6. The van der Waals surface area contributed by atoms with Crippen molar-refractivity contribution in [2.24, 2.45) is 0 Å². The first-order valence-corrected chi connectivity index (χ1v) is 6.74. The molecule has 0 saturated carbocycles. The molecule has 2 unspecified atom stereocenters. The maximum Gasteiger partial charge on any atom is 0.270 e. The van der Waals surface area contributed by atoms with E-state index in [1.54, 1.807) is 17.2 Å². The summed E-state index contributed by atoms with van der Waals surface area (Å²) < 4.78 is 0.856. The van der Waals surface area contributed by atoms with Crippen LogP contribution in [0.1, 0.15) is 16.9 Å². The van der Waals surface area contributed by atoms with Gasteiger partial charge >= 0.3 is 0 Å². The molecular formula is C12H18BrN3O2. The molecule has 6 heteroatoms. The van der Waals surface area contributed by atoms with Gasteiger partial charge in [-0.15, -0.1) is 0 Å². The van der Waals surface area contributed by atoms with Crippen molar-refractivity contribution in [1.29, 1.82) is 0 Å². The molecule has 0 aromatic carbocycles. The number of hydrogen-bond donors (Lipinski definition) is 2. The fraction of sp³-hybridized carbons (Fsp3) is 0.583. The smallest absolute Gasteiger partial charge is 0.270 e. The topological polar surface area (TPSA) is 59.6 Å². The van der Waals surface area contributed by atoms with Crippen LogP contribution in [0.25, 0.3) is 0 Å². The molecule has 100 valence electrons. The van der Waals surface area contributed by atoms with Gasteiger partial charge in [-0.1, -0.05) is 0 Å². The maximum atomic E-state index is 12.3. The summed E-state index contributed by atoms with van der Waals surface area (Å²) in [7, 11) is 3.94. The van der Waals surface area contributed by atoms with Crippen LogP contribution in [0.15, 0.2) is 16.7 Å². The molecule has 2 heterocycles. The Hall–Kier alpha value is -0.850. The zero-order chi connectivity index (χ0) is 13.3. The minimum atomic E-state index is -0.419. The van der Waals surface area contributed by atoms with E-state index >= 15 is 0 Å². The number of amides is 1. The number of hydrogen-bond acceptors (Lipinski definition) is 3. The Morgan fingerprint density at radius 3 is 2.94 bits per heavy atom. The highest BCUT2D eigenvalue weighted by molar-refractivity contribution is 9.10. The molecule has 0 spiro atoms. The van der Waals surface area contributed by atoms with Crippen molar-refractivity contribution < 1.29 is 9.90 Å². The molecule has 1 aromatic rings. The second-order valence-corrected chi connectivity index (χ2v) is 5.91. The Morgan fingerprint density at radius 2 is 2.39 bits per heavy atom. The van der Waals surface area contributed by atoms with Gasteiger partial charge in [-0.2, -0.15) is 0 Å². The van der Waals surface area contributed by atoms with E-state index in [0.717, 1.165) is 11.0 Å². The number of carbonyl (C=O) groups excluding carboxylic acids is 1. The SMILES string of the molecule is CN(C)CC1CC(O)CN1C(=O)c1cc(Br)c[nH]1. The molecule has 1 aromatic heterocycles. The molecule has 1 aliphatic heterocycles. The van der Waals surface area contributed by atoms with Gasteiger partial charge in [0.1, 0.15) is 5.69 Å². The molecule has 2 N–H and O–H groups in total. The van der Waals surface area contributed by atoms with E-state index in [-0.39, 0.29) is 11.9 Å². The lowest BCUT2D eigenvalue weighted by Gasteiger charge is -2.26. The summed E-state index contributed by atoms with van der Waals surface area (Å²) in [6.45, 7) is 1.18. The Kier molecular flexibility index (Phi) is 4.09. The number of likely N-dealkylation sites (tertiary alicyclic amines) is 1. The van der Waals surface area contributed by atoms with Crippen molar-refractivity contribution in [1.82, 2.24) is 14.8 Å². The normalized spacial score (nSPS) is 23.9. The van der Waals surface area contributed by atoms with Gasteiger partial charge in [0, 0.05) is 29.8 Å². The Labute approximate surface area is 115 Å². The van der Waals surface area contributed by atoms with Crippen LogP contribution in [0.2, 0.25) is 0 Å². The molecular weight excluding hydrogens is 298 g/mol. The summed E-state index contributed by atoms with van der Waals surface area (Å²) in [5, 5.41) is 9.75. The number of halogens is 1. The lowest BCUT2D eigenvalue weighted by atomic mass is 10.2. The highest BCUT2D eigenvalue weighted by atomic mass is 79.9. The summed E-state index contributed by atoms with van der Waals surface area (Å²) >= 11 is 3.32. The number of nitrogens with zero attached hydrogens (tertiary/aromatic N) is 2.